The number of carbonyl (C=O) groups is 2. The van der Waals surface area contributed by atoms with Gasteiger partial charge in [-0.1, -0.05) is 25.5 Å². The lowest BCUT2D eigenvalue weighted by molar-refractivity contribution is -0.131. The van der Waals surface area contributed by atoms with E-state index in [2.05, 4.69) is 12.2 Å². The zero-order chi connectivity index (χ0) is 14.4. The molecule has 4 nitrogen and oxygen atoms in total. The number of likely N-dealkylation sites (tertiary alicyclic amines) is 1. The summed E-state index contributed by atoms with van der Waals surface area (Å²) < 4.78 is 0. The van der Waals surface area contributed by atoms with Gasteiger partial charge < -0.3 is 10.2 Å². The number of hydrogen-bond acceptors (Lipinski definition) is 2. The number of hydrogen-bond donors (Lipinski definition) is 1. The van der Waals surface area contributed by atoms with Crippen LogP contribution >= 0.6 is 0 Å². The maximum absolute atomic E-state index is 11.9. The summed E-state index contributed by atoms with van der Waals surface area (Å²) in [6, 6.07) is 7.95. The number of nitrogens with one attached hydrogen (secondary N) is 1. The summed E-state index contributed by atoms with van der Waals surface area (Å²) >= 11 is 0. The zero-order valence-corrected chi connectivity index (χ0v) is 12.0. The first-order valence-electron chi connectivity index (χ1n) is 7.35. The van der Waals surface area contributed by atoms with Crippen LogP contribution in [0.25, 0.3) is 0 Å². The highest BCUT2D eigenvalue weighted by Crippen LogP contribution is 2.13. The van der Waals surface area contributed by atoms with E-state index in [1.165, 1.54) is 18.4 Å². The second-order valence-electron chi connectivity index (χ2n) is 5.27. The van der Waals surface area contributed by atoms with E-state index in [0.29, 0.717) is 13.0 Å². The molecular formula is C16H22N2O2. The van der Waals surface area contributed by atoms with Gasteiger partial charge in [-0.05, 0) is 37.0 Å². The largest absolute Gasteiger partial charge is 0.333 e. The fourth-order valence-electron chi connectivity index (χ4n) is 2.38. The van der Waals surface area contributed by atoms with Gasteiger partial charge in [0.05, 0.1) is 6.54 Å². The second kappa shape index (κ2) is 7.08. The summed E-state index contributed by atoms with van der Waals surface area (Å²) in [5.74, 6) is -0.0448. The summed E-state index contributed by atoms with van der Waals surface area (Å²) in [5.41, 5.74) is 2.08. The molecule has 1 saturated heterocycles. The molecule has 1 aromatic carbocycles. The predicted octanol–water partition coefficient (Wildman–Crippen LogP) is 2.59. The number of unbranched alkanes of at least 4 members (excludes halogenated alkanes) is 1. The Morgan fingerprint density at radius 1 is 1.30 bits per heavy atom. The number of benzene rings is 1. The highest BCUT2D eigenvalue weighted by atomic mass is 16.2. The van der Waals surface area contributed by atoms with Crippen molar-refractivity contribution in [1.82, 2.24) is 4.90 Å². The lowest BCUT2D eigenvalue weighted by Gasteiger charge is -2.15. The van der Waals surface area contributed by atoms with Gasteiger partial charge in [-0.2, -0.15) is 0 Å². The molecule has 1 aliphatic rings. The second-order valence-corrected chi connectivity index (χ2v) is 5.27. The van der Waals surface area contributed by atoms with Crippen molar-refractivity contribution in [3.8, 4) is 0 Å². The van der Waals surface area contributed by atoms with Gasteiger partial charge in [-0.25, -0.2) is 0 Å². The first kappa shape index (κ1) is 14.6. The van der Waals surface area contributed by atoms with Gasteiger partial charge in [0.1, 0.15) is 0 Å². The molecule has 2 rings (SSSR count). The zero-order valence-electron chi connectivity index (χ0n) is 12.0. The highest BCUT2D eigenvalue weighted by molar-refractivity contribution is 5.94. The summed E-state index contributed by atoms with van der Waals surface area (Å²) in [6.45, 7) is 3.03. The van der Waals surface area contributed by atoms with Crippen LogP contribution < -0.4 is 5.32 Å². The van der Waals surface area contributed by atoms with Crippen molar-refractivity contribution in [2.24, 2.45) is 0 Å². The molecule has 0 saturated carbocycles. The topological polar surface area (TPSA) is 49.4 Å². The van der Waals surface area contributed by atoms with Gasteiger partial charge >= 0.3 is 0 Å². The van der Waals surface area contributed by atoms with Gasteiger partial charge in [0, 0.05) is 18.7 Å². The van der Waals surface area contributed by atoms with E-state index in [9.17, 15) is 9.59 Å². The van der Waals surface area contributed by atoms with Gasteiger partial charge in [-0.15, -0.1) is 0 Å². The molecule has 4 heteroatoms. The molecule has 0 aromatic heterocycles. The van der Waals surface area contributed by atoms with E-state index in [1.54, 1.807) is 4.90 Å². The van der Waals surface area contributed by atoms with Crippen LogP contribution in [0, 0.1) is 0 Å². The van der Waals surface area contributed by atoms with Crippen molar-refractivity contribution in [3.05, 3.63) is 29.8 Å². The van der Waals surface area contributed by atoms with Crippen molar-refractivity contribution in [2.75, 3.05) is 18.4 Å². The van der Waals surface area contributed by atoms with Gasteiger partial charge in [0.15, 0.2) is 0 Å². The Morgan fingerprint density at radius 2 is 2.05 bits per heavy atom. The molecule has 1 fully saturated rings. The van der Waals surface area contributed by atoms with E-state index in [-0.39, 0.29) is 18.4 Å². The highest BCUT2D eigenvalue weighted by Gasteiger charge is 2.22. The summed E-state index contributed by atoms with van der Waals surface area (Å²) in [5, 5.41) is 2.84. The average Bonchev–Trinajstić information content (AvgIpc) is 2.83. The van der Waals surface area contributed by atoms with Crippen LogP contribution in [0.4, 0.5) is 5.69 Å². The molecule has 0 bridgehead atoms. The van der Waals surface area contributed by atoms with Crippen LogP contribution in [0.5, 0.6) is 0 Å². The molecule has 1 aromatic rings. The minimum atomic E-state index is -0.124. The maximum Gasteiger partial charge on any atom is 0.243 e. The number of nitrogens with zero attached hydrogens (tertiary/aromatic N) is 1. The minimum absolute atomic E-state index is 0.0788. The molecular weight excluding hydrogens is 252 g/mol. The van der Waals surface area contributed by atoms with Crippen LogP contribution in [0.2, 0.25) is 0 Å². The lowest BCUT2D eigenvalue weighted by Crippen LogP contribution is -2.33. The normalized spacial score (nSPS) is 14.7. The van der Waals surface area contributed by atoms with E-state index in [4.69, 9.17) is 0 Å². The number of aryl methyl sites for hydroxylation is 1. The Hall–Kier alpha value is -1.84. The molecule has 108 valence electrons. The minimum Gasteiger partial charge on any atom is -0.333 e. The Kier molecular flexibility index (Phi) is 5.16. The van der Waals surface area contributed by atoms with Gasteiger partial charge in [0.25, 0.3) is 0 Å². The predicted molar refractivity (Wildman–Crippen MR) is 79.5 cm³/mol. The van der Waals surface area contributed by atoms with Crippen molar-refractivity contribution < 1.29 is 9.59 Å². The Balaban J connectivity index is 1.83. The van der Waals surface area contributed by atoms with Crippen LogP contribution in [0.1, 0.15) is 38.2 Å². The molecule has 1 N–H and O–H groups in total. The fraction of sp³-hybridized carbons (Fsp3) is 0.500. The SMILES string of the molecule is CCCCc1ccc(NC(=O)CN2CCCC2=O)cc1. The van der Waals surface area contributed by atoms with E-state index in [0.717, 1.165) is 18.5 Å². The molecule has 0 unspecified atom stereocenters. The monoisotopic (exact) mass is 274 g/mol. The number of rotatable bonds is 6. The van der Waals surface area contributed by atoms with Crippen LogP contribution in [0.15, 0.2) is 24.3 Å². The Labute approximate surface area is 120 Å². The van der Waals surface area contributed by atoms with Crippen molar-refractivity contribution in [2.45, 2.75) is 39.0 Å². The standard InChI is InChI=1S/C16H22N2O2/c1-2-3-5-13-7-9-14(10-8-13)17-15(19)12-18-11-4-6-16(18)20/h7-10H,2-6,11-12H2,1H3,(H,17,19). The van der Waals surface area contributed by atoms with Crippen LogP contribution in [-0.2, 0) is 16.0 Å². The third-order valence-corrected chi connectivity index (χ3v) is 3.56. The van der Waals surface area contributed by atoms with Gasteiger partial charge in [0.2, 0.25) is 11.8 Å². The third kappa shape index (κ3) is 4.08. The molecule has 2 amide bonds. The first-order valence-corrected chi connectivity index (χ1v) is 7.35. The fourth-order valence-corrected chi connectivity index (χ4v) is 2.38. The summed E-state index contributed by atoms with van der Waals surface area (Å²) in [6.07, 6.45) is 4.87. The van der Waals surface area contributed by atoms with Crippen LogP contribution in [0.3, 0.4) is 0 Å². The number of amides is 2. The molecule has 0 radical (unpaired) electrons. The quantitative estimate of drug-likeness (QED) is 0.866. The third-order valence-electron chi connectivity index (χ3n) is 3.56. The first-order chi connectivity index (χ1) is 9.69. The summed E-state index contributed by atoms with van der Waals surface area (Å²) in [7, 11) is 0. The van der Waals surface area contributed by atoms with E-state index >= 15 is 0 Å². The van der Waals surface area contributed by atoms with Crippen molar-refractivity contribution >= 4 is 17.5 Å². The van der Waals surface area contributed by atoms with Crippen molar-refractivity contribution in [1.29, 1.82) is 0 Å². The Morgan fingerprint density at radius 3 is 2.65 bits per heavy atom. The number of anilines is 1. The molecule has 0 atom stereocenters. The smallest absolute Gasteiger partial charge is 0.243 e. The molecule has 0 spiro atoms. The van der Waals surface area contributed by atoms with Crippen molar-refractivity contribution in [3.63, 3.8) is 0 Å². The maximum atomic E-state index is 11.9. The summed E-state index contributed by atoms with van der Waals surface area (Å²) in [4.78, 5) is 24.9. The lowest BCUT2D eigenvalue weighted by atomic mass is 10.1. The molecule has 0 aliphatic carbocycles. The molecule has 1 aliphatic heterocycles. The van der Waals surface area contributed by atoms with Crippen LogP contribution in [-0.4, -0.2) is 29.8 Å². The average molecular weight is 274 g/mol. The molecule has 20 heavy (non-hydrogen) atoms. The Bertz CT molecular complexity index is 468. The molecule has 1 heterocycles. The number of carbonyl (C=O) groups excluding carboxylic acids is 2. The van der Waals surface area contributed by atoms with E-state index in [1.807, 2.05) is 24.3 Å². The van der Waals surface area contributed by atoms with E-state index < -0.39 is 0 Å². The van der Waals surface area contributed by atoms with Gasteiger partial charge in [-0.3, -0.25) is 9.59 Å².